The van der Waals surface area contributed by atoms with Gasteiger partial charge in [-0.1, -0.05) is 11.6 Å². The van der Waals surface area contributed by atoms with Gasteiger partial charge in [0.05, 0.1) is 17.8 Å². The van der Waals surface area contributed by atoms with Gasteiger partial charge in [-0.05, 0) is 36.8 Å². The molecule has 2 rings (SSSR count). The van der Waals surface area contributed by atoms with E-state index in [-0.39, 0.29) is 11.8 Å². The molecule has 0 aliphatic heterocycles. The number of nitrogens with zero attached hydrogens (tertiary/aromatic N) is 1. The molecule has 5 nitrogen and oxygen atoms in total. The second-order valence-electron chi connectivity index (χ2n) is 4.20. The monoisotopic (exact) mass is 291 g/mol. The number of halogens is 1. The lowest BCUT2D eigenvalue weighted by Gasteiger charge is -2.11. The number of aromatic nitrogens is 1. The van der Waals surface area contributed by atoms with Crippen molar-refractivity contribution in [2.75, 3.05) is 18.2 Å². The van der Waals surface area contributed by atoms with Crippen molar-refractivity contribution >= 4 is 28.9 Å². The number of nitrogens with one attached hydrogen (secondary N) is 1. The molecule has 104 valence electrons. The number of aryl methyl sites for hydroxylation is 1. The van der Waals surface area contributed by atoms with E-state index in [1.807, 2.05) is 6.92 Å². The Bertz CT molecular complexity index is 659. The molecule has 2 aromatic rings. The minimum Gasteiger partial charge on any atom is -0.480 e. The van der Waals surface area contributed by atoms with Gasteiger partial charge >= 0.3 is 0 Å². The van der Waals surface area contributed by atoms with Gasteiger partial charge in [-0.15, -0.1) is 0 Å². The molecular weight excluding hydrogens is 278 g/mol. The molecule has 1 amide bonds. The third kappa shape index (κ3) is 2.83. The van der Waals surface area contributed by atoms with Gasteiger partial charge in [-0.25, -0.2) is 4.98 Å². The van der Waals surface area contributed by atoms with Crippen molar-refractivity contribution < 1.29 is 9.53 Å². The van der Waals surface area contributed by atoms with Crippen LogP contribution in [0.25, 0.3) is 0 Å². The van der Waals surface area contributed by atoms with E-state index in [1.165, 1.54) is 7.11 Å². The highest BCUT2D eigenvalue weighted by Crippen LogP contribution is 2.27. The number of carbonyl (C=O) groups is 1. The highest BCUT2D eigenvalue weighted by molar-refractivity contribution is 6.33. The zero-order valence-corrected chi connectivity index (χ0v) is 11.9. The Morgan fingerprint density at radius 3 is 2.90 bits per heavy atom. The van der Waals surface area contributed by atoms with Gasteiger partial charge in [-0.3, -0.25) is 4.79 Å². The SMILES string of the molecule is COc1ncccc1C(=O)Nc1cc(Cl)c(N)cc1C. The maximum absolute atomic E-state index is 12.2. The average Bonchev–Trinajstić information content (AvgIpc) is 2.44. The smallest absolute Gasteiger partial charge is 0.261 e. The number of hydrogen-bond donors (Lipinski definition) is 2. The number of nitrogen functional groups attached to an aromatic ring is 1. The zero-order chi connectivity index (χ0) is 14.7. The van der Waals surface area contributed by atoms with E-state index in [2.05, 4.69) is 10.3 Å². The van der Waals surface area contributed by atoms with E-state index < -0.39 is 0 Å². The van der Waals surface area contributed by atoms with E-state index in [0.29, 0.717) is 22.0 Å². The van der Waals surface area contributed by atoms with Crippen LogP contribution in [0.3, 0.4) is 0 Å². The van der Waals surface area contributed by atoms with Crippen LogP contribution in [0.4, 0.5) is 11.4 Å². The molecule has 0 atom stereocenters. The Labute approximate surface area is 121 Å². The van der Waals surface area contributed by atoms with E-state index in [0.717, 1.165) is 5.56 Å². The Morgan fingerprint density at radius 1 is 1.45 bits per heavy atom. The van der Waals surface area contributed by atoms with Crippen LogP contribution in [0, 0.1) is 6.92 Å². The lowest BCUT2D eigenvalue weighted by Crippen LogP contribution is -2.14. The summed E-state index contributed by atoms with van der Waals surface area (Å²) in [4.78, 5) is 16.2. The first-order valence-electron chi connectivity index (χ1n) is 5.89. The normalized spacial score (nSPS) is 10.2. The van der Waals surface area contributed by atoms with Gasteiger partial charge in [0.2, 0.25) is 5.88 Å². The Hall–Kier alpha value is -2.27. The predicted octanol–water partition coefficient (Wildman–Crippen LogP) is 2.89. The first-order valence-corrected chi connectivity index (χ1v) is 6.26. The Balaban J connectivity index is 2.30. The van der Waals surface area contributed by atoms with Crippen LogP contribution in [0.15, 0.2) is 30.5 Å². The van der Waals surface area contributed by atoms with Gasteiger partial charge < -0.3 is 15.8 Å². The summed E-state index contributed by atoms with van der Waals surface area (Å²) in [6.07, 6.45) is 1.56. The largest absolute Gasteiger partial charge is 0.480 e. The standard InChI is InChI=1S/C14H14ClN3O2/c1-8-6-11(16)10(15)7-12(8)18-13(19)9-4-3-5-17-14(9)20-2/h3-7H,16H2,1-2H3,(H,18,19). The first-order chi connectivity index (χ1) is 9.52. The molecule has 0 unspecified atom stereocenters. The Kier molecular flexibility index (Phi) is 4.10. The van der Waals surface area contributed by atoms with Crippen molar-refractivity contribution in [3.8, 4) is 5.88 Å². The molecule has 0 aliphatic carbocycles. The van der Waals surface area contributed by atoms with Crippen LogP contribution in [0.2, 0.25) is 5.02 Å². The quantitative estimate of drug-likeness (QED) is 0.853. The van der Waals surface area contributed by atoms with Gasteiger partial charge in [0, 0.05) is 11.9 Å². The highest BCUT2D eigenvalue weighted by Gasteiger charge is 2.14. The Morgan fingerprint density at radius 2 is 2.20 bits per heavy atom. The molecular formula is C14H14ClN3O2. The minimum absolute atomic E-state index is 0.268. The van der Waals surface area contributed by atoms with E-state index in [4.69, 9.17) is 22.1 Å². The average molecular weight is 292 g/mol. The number of benzene rings is 1. The van der Waals surface area contributed by atoms with Crippen LogP contribution < -0.4 is 15.8 Å². The lowest BCUT2D eigenvalue weighted by molar-refractivity contribution is 0.102. The van der Waals surface area contributed by atoms with Crippen molar-refractivity contribution in [3.05, 3.63) is 46.6 Å². The summed E-state index contributed by atoms with van der Waals surface area (Å²) < 4.78 is 5.06. The predicted molar refractivity (Wildman–Crippen MR) is 79.3 cm³/mol. The molecule has 1 aromatic heterocycles. The van der Waals surface area contributed by atoms with Crippen molar-refractivity contribution in [2.45, 2.75) is 6.92 Å². The fraction of sp³-hybridized carbons (Fsp3) is 0.143. The maximum atomic E-state index is 12.2. The summed E-state index contributed by atoms with van der Waals surface area (Å²) in [5.41, 5.74) is 7.94. The van der Waals surface area contributed by atoms with Gasteiger partial charge in [0.25, 0.3) is 5.91 Å². The van der Waals surface area contributed by atoms with Crippen LogP contribution in [-0.4, -0.2) is 18.0 Å². The molecule has 0 radical (unpaired) electrons. The number of anilines is 2. The van der Waals surface area contributed by atoms with Crippen LogP contribution in [-0.2, 0) is 0 Å². The second kappa shape index (κ2) is 5.79. The van der Waals surface area contributed by atoms with Crippen molar-refractivity contribution in [1.29, 1.82) is 0 Å². The van der Waals surface area contributed by atoms with Gasteiger partial charge in [0.1, 0.15) is 5.56 Å². The molecule has 0 saturated heterocycles. The maximum Gasteiger partial charge on any atom is 0.261 e. The third-order valence-electron chi connectivity index (χ3n) is 2.80. The summed E-state index contributed by atoms with van der Waals surface area (Å²) in [7, 11) is 1.46. The number of carbonyl (C=O) groups excluding carboxylic acids is 1. The zero-order valence-electron chi connectivity index (χ0n) is 11.1. The minimum atomic E-state index is -0.320. The van der Waals surface area contributed by atoms with E-state index >= 15 is 0 Å². The molecule has 20 heavy (non-hydrogen) atoms. The fourth-order valence-corrected chi connectivity index (χ4v) is 1.92. The van der Waals surface area contributed by atoms with Gasteiger partial charge in [0.15, 0.2) is 0 Å². The summed E-state index contributed by atoms with van der Waals surface area (Å²) >= 11 is 5.96. The van der Waals surface area contributed by atoms with Crippen LogP contribution in [0.1, 0.15) is 15.9 Å². The molecule has 0 bridgehead atoms. The number of amides is 1. The van der Waals surface area contributed by atoms with E-state index in [9.17, 15) is 4.79 Å². The number of nitrogens with two attached hydrogens (primary N) is 1. The number of pyridine rings is 1. The summed E-state index contributed by atoms with van der Waals surface area (Å²) in [5.74, 6) is -0.0527. The molecule has 1 aromatic carbocycles. The number of ether oxygens (including phenoxy) is 1. The van der Waals surface area contributed by atoms with Crippen LogP contribution >= 0.6 is 11.6 Å². The third-order valence-corrected chi connectivity index (χ3v) is 3.13. The second-order valence-corrected chi connectivity index (χ2v) is 4.61. The number of hydrogen-bond acceptors (Lipinski definition) is 4. The highest BCUT2D eigenvalue weighted by atomic mass is 35.5. The van der Waals surface area contributed by atoms with Crippen LogP contribution in [0.5, 0.6) is 5.88 Å². The number of methoxy groups -OCH3 is 1. The molecule has 0 fully saturated rings. The number of rotatable bonds is 3. The topological polar surface area (TPSA) is 77.2 Å². The first kappa shape index (κ1) is 14.1. The fourth-order valence-electron chi connectivity index (χ4n) is 1.75. The molecule has 1 heterocycles. The summed E-state index contributed by atoms with van der Waals surface area (Å²) in [6.45, 7) is 1.84. The molecule has 0 saturated carbocycles. The molecule has 0 spiro atoms. The van der Waals surface area contributed by atoms with Crippen molar-refractivity contribution in [1.82, 2.24) is 4.98 Å². The van der Waals surface area contributed by atoms with Crippen molar-refractivity contribution in [3.63, 3.8) is 0 Å². The molecule has 0 aliphatic rings. The van der Waals surface area contributed by atoms with Gasteiger partial charge in [-0.2, -0.15) is 0 Å². The molecule has 3 N–H and O–H groups in total. The summed E-state index contributed by atoms with van der Waals surface area (Å²) in [6, 6.07) is 6.63. The van der Waals surface area contributed by atoms with E-state index in [1.54, 1.807) is 30.5 Å². The van der Waals surface area contributed by atoms with Crippen molar-refractivity contribution in [2.24, 2.45) is 0 Å². The summed E-state index contributed by atoms with van der Waals surface area (Å²) in [5, 5.41) is 3.16. The molecule has 6 heteroatoms. The lowest BCUT2D eigenvalue weighted by atomic mass is 10.1.